The van der Waals surface area contributed by atoms with Crippen LogP contribution in [0.4, 0.5) is 0 Å². The van der Waals surface area contributed by atoms with E-state index < -0.39 is 48.8 Å². The Morgan fingerprint density at radius 1 is 0.489 bits per heavy atom. The number of ether oxygens (including phenoxy) is 10. The van der Waals surface area contributed by atoms with Gasteiger partial charge in [0, 0.05) is 10.7 Å². The van der Waals surface area contributed by atoms with E-state index in [0.29, 0.717) is 46.2 Å². The summed E-state index contributed by atoms with van der Waals surface area (Å²) in [5, 5.41) is 23.3. The predicted octanol–water partition coefficient (Wildman–Crippen LogP) is 14.8. The minimum absolute atomic E-state index is 0.233. The highest BCUT2D eigenvalue weighted by atomic mass is 79.9. The maximum atomic E-state index is 11.3. The molecule has 0 radical (unpaired) electrons. The second-order valence-electron chi connectivity index (χ2n) is 20.7. The summed E-state index contributed by atoms with van der Waals surface area (Å²) in [6.45, 7) is 10.7. The summed E-state index contributed by atoms with van der Waals surface area (Å²) in [5.74, 6) is 1.54. The molecule has 1 aliphatic heterocycles. The molecular formula is C74H82Br2O12. The standard InChI is InChI=1S/C37H40O6.C29H34O6.C8H8Br2/c1-3-34(40-22-28-12-6-4-7-13-28)36-37(42-24-29-14-8-5-9-15-29)35(41-23-30-18-20-33(38-2)21-19-30)27-39-25-31-16-10-11-17-32(31)26-43-36;1-3-26(33-19-22-10-6-4-7-11-22)28(31)29(35-21-23-12-8-5-9-13-23)27(18-30)34-20-24-14-16-25(32-2)17-15-24;9-5-7-3-1-2-4-8(7)6-10/h3-21,34-37H,1,22-27H2,2H3;3-17,26-31H,1,18-21H2,2H3;1-4H,5-6H2/t34-,35?,36?,37-;26?,27?,28-,29-;/m11./s1. The van der Waals surface area contributed by atoms with Crippen molar-refractivity contribution >= 4 is 31.9 Å². The summed E-state index contributed by atoms with van der Waals surface area (Å²) in [5.41, 5.74) is 10.8. The lowest BCUT2D eigenvalue weighted by molar-refractivity contribution is -0.194. The summed E-state index contributed by atoms with van der Waals surface area (Å²) < 4.78 is 61.4. The normalized spacial score (nSPS) is 16.5. The zero-order valence-corrected chi connectivity index (χ0v) is 53.4. The second-order valence-corrected chi connectivity index (χ2v) is 21.8. The zero-order valence-electron chi connectivity index (χ0n) is 50.2. The number of methoxy groups -OCH3 is 2. The Morgan fingerprint density at radius 3 is 1.39 bits per heavy atom. The van der Waals surface area contributed by atoms with E-state index in [0.717, 1.165) is 66.7 Å². The molecule has 464 valence electrons. The van der Waals surface area contributed by atoms with Gasteiger partial charge in [0.2, 0.25) is 0 Å². The molecule has 14 heteroatoms. The molecule has 0 aliphatic carbocycles. The van der Waals surface area contributed by atoms with E-state index in [9.17, 15) is 10.2 Å². The third-order valence-electron chi connectivity index (χ3n) is 14.6. The van der Waals surface area contributed by atoms with Gasteiger partial charge in [-0.2, -0.15) is 0 Å². The van der Waals surface area contributed by atoms with Crippen LogP contribution < -0.4 is 9.47 Å². The Bertz CT molecular complexity index is 3140. The van der Waals surface area contributed by atoms with Crippen molar-refractivity contribution in [3.05, 3.63) is 299 Å². The lowest BCUT2D eigenvalue weighted by Crippen LogP contribution is -2.50. The number of aliphatic hydroxyl groups is 2. The maximum Gasteiger partial charge on any atom is 0.118 e. The van der Waals surface area contributed by atoms with Crippen molar-refractivity contribution in [2.24, 2.45) is 0 Å². The largest absolute Gasteiger partial charge is 0.497 e. The first-order chi connectivity index (χ1) is 43.2. The summed E-state index contributed by atoms with van der Waals surface area (Å²) in [4.78, 5) is 0. The fourth-order valence-corrected chi connectivity index (χ4v) is 10.6. The van der Waals surface area contributed by atoms with Crippen LogP contribution in [-0.2, 0) is 101 Å². The monoisotopic (exact) mass is 1320 g/mol. The SMILES string of the molecule is BrCc1ccccc1CBr.C=CC(OCc1ccccc1)[C@@H](O)[C@H](OCc1ccccc1)C(CO)OCc1ccc(OC)cc1.C=C[C@@H](OCc1ccccc1)C1OCc2ccccc2COCC(OCc2ccc(OC)cc2)[C@H]1OCc1ccccc1. The molecular weight excluding hydrogens is 1240 g/mol. The summed E-state index contributed by atoms with van der Waals surface area (Å²) in [6, 6.07) is 71.4. The van der Waals surface area contributed by atoms with Crippen molar-refractivity contribution in [1.82, 2.24) is 0 Å². The Balaban J connectivity index is 0.000000220. The Labute approximate surface area is 536 Å². The van der Waals surface area contributed by atoms with Crippen LogP contribution in [-0.4, -0.2) is 86.5 Å². The minimum atomic E-state index is -1.12. The average Bonchev–Trinajstić information content (AvgIpc) is 3.25. The molecule has 0 bridgehead atoms. The van der Waals surface area contributed by atoms with Crippen LogP contribution in [0.1, 0.15) is 55.6 Å². The first kappa shape index (κ1) is 68.9. The molecule has 0 amide bonds. The summed E-state index contributed by atoms with van der Waals surface area (Å²) in [7, 11) is 3.27. The second kappa shape index (κ2) is 39.4. The first-order valence-electron chi connectivity index (χ1n) is 29.4. The van der Waals surface area contributed by atoms with Crippen LogP contribution in [0, 0.1) is 0 Å². The van der Waals surface area contributed by atoms with Crippen molar-refractivity contribution < 1.29 is 57.6 Å². The predicted molar refractivity (Wildman–Crippen MR) is 353 cm³/mol. The maximum absolute atomic E-state index is 11.3. The van der Waals surface area contributed by atoms with Crippen LogP contribution in [0.15, 0.2) is 244 Å². The van der Waals surface area contributed by atoms with Gasteiger partial charge >= 0.3 is 0 Å². The summed E-state index contributed by atoms with van der Waals surface area (Å²) in [6.07, 6.45) is -2.14. The number of alkyl halides is 2. The van der Waals surface area contributed by atoms with Crippen molar-refractivity contribution in [2.75, 3.05) is 27.4 Å². The Morgan fingerprint density at radius 2 is 0.909 bits per heavy atom. The smallest absolute Gasteiger partial charge is 0.118 e. The topological polar surface area (TPSA) is 133 Å². The van der Waals surface area contributed by atoms with Crippen LogP contribution in [0.25, 0.3) is 0 Å². The van der Waals surface area contributed by atoms with Gasteiger partial charge in [-0.15, -0.1) is 13.2 Å². The fraction of sp³-hybridized carbons (Fsp3) is 0.297. The molecule has 0 saturated carbocycles. The van der Waals surface area contributed by atoms with E-state index >= 15 is 0 Å². The molecule has 1 aliphatic rings. The van der Waals surface area contributed by atoms with E-state index in [1.54, 1.807) is 26.4 Å². The van der Waals surface area contributed by atoms with Crippen molar-refractivity contribution in [3.8, 4) is 11.5 Å². The molecule has 8 aromatic rings. The minimum Gasteiger partial charge on any atom is -0.497 e. The number of benzene rings is 8. The van der Waals surface area contributed by atoms with E-state index in [1.807, 2.05) is 182 Å². The van der Waals surface area contributed by atoms with Gasteiger partial charge in [-0.05, 0) is 79.9 Å². The highest BCUT2D eigenvalue weighted by Gasteiger charge is 2.39. The lowest BCUT2D eigenvalue weighted by atomic mass is 10.0. The number of fused-ring (bicyclic) bond motifs is 1. The van der Waals surface area contributed by atoms with E-state index in [-0.39, 0.29) is 19.8 Å². The molecule has 1 heterocycles. The van der Waals surface area contributed by atoms with E-state index in [2.05, 4.69) is 81.4 Å². The van der Waals surface area contributed by atoms with Gasteiger partial charge in [-0.1, -0.05) is 238 Å². The number of aliphatic hydroxyl groups excluding tert-OH is 2. The molecule has 8 aromatic carbocycles. The zero-order chi connectivity index (χ0) is 62.0. The molecule has 12 nitrogen and oxygen atoms in total. The quantitative estimate of drug-likeness (QED) is 0.0342. The van der Waals surface area contributed by atoms with Crippen LogP contribution in [0.2, 0.25) is 0 Å². The number of rotatable bonds is 29. The Hall–Kier alpha value is -6.60. The lowest BCUT2D eigenvalue weighted by Gasteiger charge is -2.37. The molecule has 0 saturated heterocycles. The van der Waals surface area contributed by atoms with Crippen LogP contribution in [0.5, 0.6) is 11.5 Å². The fourth-order valence-electron chi connectivity index (χ4n) is 9.54. The number of hydrogen-bond donors (Lipinski definition) is 2. The summed E-state index contributed by atoms with van der Waals surface area (Å²) >= 11 is 6.86. The van der Waals surface area contributed by atoms with Crippen molar-refractivity contribution in [2.45, 2.75) is 112 Å². The van der Waals surface area contributed by atoms with E-state index in [1.165, 1.54) is 11.1 Å². The highest BCUT2D eigenvalue weighted by Crippen LogP contribution is 2.28. The molecule has 0 aromatic heterocycles. The number of hydrogen-bond acceptors (Lipinski definition) is 12. The highest BCUT2D eigenvalue weighted by molar-refractivity contribution is 9.09. The van der Waals surface area contributed by atoms with Gasteiger partial charge in [0.15, 0.2) is 0 Å². The van der Waals surface area contributed by atoms with Gasteiger partial charge < -0.3 is 57.6 Å². The van der Waals surface area contributed by atoms with Crippen molar-refractivity contribution in [3.63, 3.8) is 0 Å². The Kier molecular flexibility index (Phi) is 30.9. The van der Waals surface area contributed by atoms with Crippen LogP contribution >= 0.6 is 31.9 Å². The molecule has 0 spiro atoms. The van der Waals surface area contributed by atoms with Gasteiger partial charge in [-0.25, -0.2) is 0 Å². The number of halogens is 2. The van der Waals surface area contributed by atoms with E-state index in [4.69, 9.17) is 47.4 Å². The molecule has 2 N–H and O–H groups in total. The average molecular weight is 1320 g/mol. The third-order valence-corrected chi connectivity index (χ3v) is 15.8. The molecule has 8 atom stereocenters. The molecule has 88 heavy (non-hydrogen) atoms. The van der Waals surface area contributed by atoms with Gasteiger partial charge in [0.1, 0.15) is 60.3 Å². The first-order valence-corrected chi connectivity index (χ1v) is 31.6. The van der Waals surface area contributed by atoms with Crippen LogP contribution in [0.3, 0.4) is 0 Å². The molecule has 0 fully saturated rings. The van der Waals surface area contributed by atoms with Gasteiger partial charge in [-0.3, -0.25) is 0 Å². The van der Waals surface area contributed by atoms with Gasteiger partial charge in [0.05, 0.1) is 80.3 Å². The van der Waals surface area contributed by atoms with Crippen molar-refractivity contribution in [1.29, 1.82) is 0 Å². The molecule has 9 rings (SSSR count). The van der Waals surface area contributed by atoms with Gasteiger partial charge in [0.25, 0.3) is 0 Å². The third kappa shape index (κ3) is 22.8. The molecule has 4 unspecified atom stereocenters.